The van der Waals surface area contributed by atoms with Crippen molar-refractivity contribution >= 4 is 37.6 Å². The summed E-state index contributed by atoms with van der Waals surface area (Å²) in [4.78, 5) is 2.91. The van der Waals surface area contributed by atoms with Crippen molar-refractivity contribution in [1.29, 1.82) is 0 Å². The number of halogens is 2. The molecule has 0 radical (unpaired) electrons. The van der Waals surface area contributed by atoms with Gasteiger partial charge in [0.05, 0.1) is 9.92 Å². The molecule has 1 aliphatic rings. The maximum absolute atomic E-state index is 12.4. The second-order valence-electron chi connectivity index (χ2n) is 5.21. The van der Waals surface area contributed by atoms with Crippen LogP contribution in [0.2, 0.25) is 5.02 Å². The van der Waals surface area contributed by atoms with Gasteiger partial charge < -0.3 is 0 Å². The highest BCUT2D eigenvalue weighted by molar-refractivity contribution is 9.10. The number of hydrazine groups is 1. The lowest BCUT2D eigenvalue weighted by Crippen LogP contribution is -2.53. The summed E-state index contributed by atoms with van der Waals surface area (Å²) >= 11 is 9.15. The molecule has 0 saturated carbocycles. The molecular formula is C13H18BrClN2O2S. The van der Waals surface area contributed by atoms with E-state index in [1.165, 1.54) is 12.1 Å². The van der Waals surface area contributed by atoms with Crippen molar-refractivity contribution < 1.29 is 8.42 Å². The minimum absolute atomic E-state index is 0.198. The van der Waals surface area contributed by atoms with Gasteiger partial charge in [0.1, 0.15) is 0 Å². The highest BCUT2D eigenvalue weighted by atomic mass is 79.9. The summed E-state index contributed by atoms with van der Waals surface area (Å²) in [6.07, 6.45) is 3.13. The van der Waals surface area contributed by atoms with Crippen LogP contribution in [0, 0.1) is 0 Å². The first-order valence-corrected chi connectivity index (χ1v) is 9.22. The molecule has 0 amide bonds. The molecule has 0 aliphatic carbocycles. The topological polar surface area (TPSA) is 49.4 Å². The summed E-state index contributed by atoms with van der Waals surface area (Å²) in [7, 11) is -3.58. The number of rotatable bonds is 3. The Labute approximate surface area is 133 Å². The lowest BCUT2D eigenvalue weighted by atomic mass is 10.0. The van der Waals surface area contributed by atoms with Crippen molar-refractivity contribution in [3.63, 3.8) is 0 Å². The monoisotopic (exact) mass is 380 g/mol. The number of nitrogens with zero attached hydrogens (tertiary/aromatic N) is 1. The summed E-state index contributed by atoms with van der Waals surface area (Å²) in [5.41, 5.74) is 0. The van der Waals surface area contributed by atoms with Crippen molar-refractivity contribution in [3.8, 4) is 0 Å². The first-order valence-electron chi connectivity index (χ1n) is 6.57. The van der Waals surface area contributed by atoms with E-state index in [0.717, 1.165) is 19.3 Å². The lowest BCUT2D eigenvalue weighted by molar-refractivity contribution is 0.0790. The smallest absolute Gasteiger partial charge is 0.225 e. The maximum atomic E-state index is 12.4. The molecule has 1 heterocycles. The minimum atomic E-state index is -3.58. The first kappa shape index (κ1) is 16.2. The minimum Gasteiger partial charge on any atom is -0.225 e. The van der Waals surface area contributed by atoms with E-state index in [9.17, 15) is 8.42 Å². The molecule has 7 heteroatoms. The van der Waals surface area contributed by atoms with E-state index in [-0.39, 0.29) is 17.0 Å². The van der Waals surface area contributed by atoms with Crippen LogP contribution < -0.4 is 4.83 Å². The van der Waals surface area contributed by atoms with Gasteiger partial charge in [0, 0.05) is 16.6 Å². The van der Waals surface area contributed by atoms with E-state index in [1.807, 2.05) is 18.9 Å². The van der Waals surface area contributed by atoms with Crippen molar-refractivity contribution in [2.24, 2.45) is 0 Å². The molecule has 4 nitrogen and oxygen atoms in total. The molecule has 1 aromatic rings. The van der Waals surface area contributed by atoms with Gasteiger partial charge in [-0.2, -0.15) is 0 Å². The van der Waals surface area contributed by atoms with Gasteiger partial charge >= 0.3 is 0 Å². The van der Waals surface area contributed by atoms with Crippen LogP contribution >= 0.6 is 27.5 Å². The highest BCUT2D eigenvalue weighted by Gasteiger charge is 2.29. The standard InChI is InChI=1S/C13H18BrClN2O2S/c1-9-4-3-5-10(2)17(9)16-20(18,19)11-6-7-13(15)12(14)8-11/h6-10,16H,3-5H2,1-2H3. The molecule has 1 N–H and O–H groups in total. The predicted molar refractivity (Wildman–Crippen MR) is 84.1 cm³/mol. The molecule has 0 bridgehead atoms. The largest absolute Gasteiger partial charge is 0.253 e. The summed E-state index contributed by atoms with van der Waals surface area (Å²) < 4.78 is 25.4. The van der Waals surface area contributed by atoms with E-state index in [1.54, 1.807) is 6.07 Å². The molecule has 2 atom stereocenters. The van der Waals surface area contributed by atoms with Crippen LogP contribution in [-0.4, -0.2) is 25.5 Å². The Morgan fingerprint density at radius 3 is 2.45 bits per heavy atom. The molecule has 112 valence electrons. The van der Waals surface area contributed by atoms with E-state index < -0.39 is 10.0 Å². The van der Waals surface area contributed by atoms with E-state index in [2.05, 4.69) is 20.8 Å². The van der Waals surface area contributed by atoms with Crippen LogP contribution in [-0.2, 0) is 10.0 Å². The summed E-state index contributed by atoms with van der Waals surface area (Å²) in [5.74, 6) is 0. The normalized spacial score (nSPS) is 24.8. The zero-order valence-electron chi connectivity index (χ0n) is 11.4. The fraction of sp³-hybridized carbons (Fsp3) is 0.538. The van der Waals surface area contributed by atoms with Gasteiger partial charge in [0.2, 0.25) is 0 Å². The molecule has 2 unspecified atom stereocenters. The van der Waals surface area contributed by atoms with Crippen LogP contribution in [0.3, 0.4) is 0 Å². The van der Waals surface area contributed by atoms with Gasteiger partial charge in [-0.25, -0.2) is 13.4 Å². The van der Waals surface area contributed by atoms with Gasteiger partial charge in [0.15, 0.2) is 0 Å². The summed E-state index contributed by atoms with van der Waals surface area (Å²) in [6.45, 7) is 4.08. The zero-order valence-corrected chi connectivity index (χ0v) is 14.6. The molecule has 1 aliphatic heterocycles. The Hall–Kier alpha value is -0.140. The zero-order chi connectivity index (χ0) is 14.9. The molecule has 1 saturated heterocycles. The highest BCUT2D eigenvalue weighted by Crippen LogP contribution is 2.26. The van der Waals surface area contributed by atoms with Crippen LogP contribution in [0.5, 0.6) is 0 Å². The van der Waals surface area contributed by atoms with Crippen LogP contribution in [0.25, 0.3) is 0 Å². The number of piperidine rings is 1. The third kappa shape index (κ3) is 3.54. The Morgan fingerprint density at radius 1 is 1.30 bits per heavy atom. The van der Waals surface area contributed by atoms with Gasteiger partial charge in [-0.05, 0) is 60.8 Å². The fourth-order valence-electron chi connectivity index (χ4n) is 2.44. The fourth-order valence-corrected chi connectivity index (χ4v) is 4.35. The van der Waals surface area contributed by atoms with Crippen LogP contribution in [0.4, 0.5) is 0 Å². The van der Waals surface area contributed by atoms with Gasteiger partial charge in [0.25, 0.3) is 10.0 Å². The SMILES string of the molecule is CC1CCCC(C)N1NS(=O)(=O)c1ccc(Cl)c(Br)c1. The summed E-state index contributed by atoms with van der Waals surface area (Å²) in [6, 6.07) is 5.00. The first-order chi connectivity index (χ1) is 9.31. The van der Waals surface area contributed by atoms with E-state index >= 15 is 0 Å². The van der Waals surface area contributed by atoms with Crippen molar-refractivity contribution in [2.45, 2.75) is 50.1 Å². The maximum Gasteiger partial charge on any atom is 0.253 e. The molecule has 1 fully saturated rings. The summed E-state index contributed by atoms with van der Waals surface area (Å²) in [5, 5.41) is 2.32. The van der Waals surface area contributed by atoms with Crippen molar-refractivity contribution in [3.05, 3.63) is 27.7 Å². The Bertz CT molecular complexity index is 584. The Morgan fingerprint density at radius 2 is 1.90 bits per heavy atom. The van der Waals surface area contributed by atoms with E-state index in [4.69, 9.17) is 11.6 Å². The molecule has 0 spiro atoms. The van der Waals surface area contributed by atoms with Crippen LogP contribution in [0.15, 0.2) is 27.6 Å². The van der Waals surface area contributed by atoms with Gasteiger partial charge in [-0.3, -0.25) is 0 Å². The Balaban J connectivity index is 2.24. The average Bonchev–Trinajstić information content (AvgIpc) is 2.37. The van der Waals surface area contributed by atoms with Crippen molar-refractivity contribution in [1.82, 2.24) is 9.84 Å². The molecule has 2 rings (SSSR count). The Kier molecular flexibility index (Phi) is 5.13. The number of hydrogen-bond acceptors (Lipinski definition) is 3. The predicted octanol–water partition coefficient (Wildman–Crippen LogP) is 3.56. The number of hydrogen-bond donors (Lipinski definition) is 1. The quantitative estimate of drug-likeness (QED) is 0.871. The van der Waals surface area contributed by atoms with Crippen molar-refractivity contribution in [2.75, 3.05) is 0 Å². The third-order valence-electron chi connectivity index (χ3n) is 3.62. The number of nitrogens with one attached hydrogen (secondary N) is 1. The molecule has 1 aromatic carbocycles. The van der Waals surface area contributed by atoms with E-state index in [0.29, 0.717) is 9.50 Å². The number of sulfonamides is 1. The third-order valence-corrected chi connectivity index (χ3v) is 6.16. The van der Waals surface area contributed by atoms with Crippen LogP contribution in [0.1, 0.15) is 33.1 Å². The second kappa shape index (κ2) is 6.32. The molecule has 20 heavy (non-hydrogen) atoms. The van der Waals surface area contributed by atoms with Gasteiger partial charge in [-0.1, -0.05) is 18.0 Å². The average molecular weight is 382 g/mol. The molecule has 0 aromatic heterocycles. The van der Waals surface area contributed by atoms with Gasteiger partial charge in [-0.15, -0.1) is 4.83 Å². The second-order valence-corrected chi connectivity index (χ2v) is 8.13. The lowest BCUT2D eigenvalue weighted by Gasteiger charge is -2.38. The number of benzene rings is 1. The molecular weight excluding hydrogens is 364 g/mol.